The molecule has 1 rings (SSSR count). The monoisotopic (exact) mass is 235 g/mol. The van der Waals surface area contributed by atoms with Gasteiger partial charge in [-0.15, -0.1) is 0 Å². The molecule has 0 bridgehead atoms. The smallest absolute Gasteiger partial charge is 0.412 e. The largest absolute Gasteiger partial charge is 0.444 e. The van der Waals surface area contributed by atoms with E-state index < -0.39 is 30.2 Å². The van der Waals surface area contributed by atoms with Gasteiger partial charge >= 0.3 is 6.09 Å². The maximum Gasteiger partial charge on any atom is 0.412 e. The van der Waals surface area contributed by atoms with Gasteiger partial charge in [-0.1, -0.05) is 0 Å². The van der Waals surface area contributed by atoms with Gasteiger partial charge in [-0.3, -0.25) is 4.90 Å². The van der Waals surface area contributed by atoms with Gasteiger partial charge in [0.15, 0.2) is 12.1 Å². The molecule has 0 radical (unpaired) electrons. The molecule has 0 aliphatic carbocycles. The molecule has 1 amide bonds. The summed E-state index contributed by atoms with van der Waals surface area (Å²) in [4.78, 5) is 12.4. The van der Waals surface area contributed by atoms with E-state index >= 15 is 0 Å². The first-order valence-electron chi connectivity index (χ1n) is 5.19. The van der Waals surface area contributed by atoms with Crippen molar-refractivity contribution in [2.45, 2.75) is 51.3 Å². The molecule has 0 spiro atoms. The molecular formula is C10H18FNO4. The summed E-state index contributed by atoms with van der Waals surface area (Å²) in [7, 11) is 0. The molecule has 1 saturated heterocycles. The lowest BCUT2D eigenvalue weighted by Gasteiger charge is -2.37. The van der Waals surface area contributed by atoms with Crippen molar-refractivity contribution >= 4 is 6.09 Å². The number of carbonyl (C=O) groups is 1. The van der Waals surface area contributed by atoms with Gasteiger partial charge in [0.05, 0.1) is 6.42 Å². The molecule has 1 unspecified atom stereocenters. The summed E-state index contributed by atoms with van der Waals surface area (Å²) >= 11 is 0. The van der Waals surface area contributed by atoms with Gasteiger partial charge in [0, 0.05) is 13.0 Å². The van der Waals surface area contributed by atoms with Crippen LogP contribution in [0.25, 0.3) is 0 Å². The van der Waals surface area contributed by atoms with E-state index in [0.29, 0.717) is 0 Å². The van der Waals surface area contributed by atoms with Crippen LogP contribution in [-0.4, -0.2) is 45.4 Å². The minimum atomic E-state index is -2.03. The quantitative estimate of drug-likeness (QED) is 0.485. The Hall–Kier alpha value is -0.880. The highest BCUT2D eigenvalue weighted by molar-refractivity contribution is 5.68. The molecule has 16 heavy (non-hydrogen) atoms. The van der Waals surface area contributed by atoms with Crippen molar-refractivity contribution in [3.05, 3.63) is 0 Å². The predicted molar refractivity (Wildman–Crippen MR) is 54.2 cm³/mol. The van der Waals surface area contributed by atoms with Crippen LogP contribution in [0.1, 0.15) is 33.6 Å². The molecule has 1 fully saturated rings. The Kier molecular flexibility index (Phi) is 3.44. The predicted octanol–water partition coefficient (Wildman–Crippen LogP) is 0.994. The van der Waals surface area contributed by atoms with Crippen LogP contribution in [0.15, 0.2) is 0 Å². The number of rotatable bonds is 0. The van der Waals surface area contributed by atoms with Gasteiger partial charge in [0.2, 0.25) is 0 Å². The van der Waals surface area contributed by atoms with Crippen molar-refractivity contribution < 1.29 is 24.1 Å². The Balaban J connectivity index is 2.59. The van der Waals surface area contributed by atoms with Crippen LogP contribution in [-0.2, 0) is 4.74 Å². The molecule has 6 heteroatoms. The maximum atomic E-state index is 13.5. The Bertz CT molecular complexity index is 274. The average Bonchev–Trinajstić information content (AvgIpc) is 1.97. The van der Waals surface area contributed by atoms with Gasteiger partial charge < -0.3 is 14.9 Å². The second kappa shape index (κ2) is 4.18. The normalized spacial score (nSPS) is 25.4. The molecule has 0 aromatic heterocycles. The lowest BCUT2D eigenvalue weighted by molar-refractivity contribution is -0.210. The van der Waals surface area contributed by atoms with Crippen LogP contribution in [0.2, 0.25) is 0 Å². The fourth-order valence-electron chi connectivity index (χ4n) is 1.45. The zero-order valence-electron chi connectivity index (χ0n) is 9.73. The molecule has 1 aliphatic heterocycles. The van der Waals surface area contributed by atoms with Gasteiger partial charge in [-0.2, -0.15) is 0 Å². The summed E-state index contributed by atoms with van der Waals surface area (Å²) in [6.07, 6.45) is -3.08. The van der Waals surface area contributed by atoms with Crippen LogP contribution >= 0.6 is 0 Å². The summed E-state index contributed by atoms with van der Waals surface area (Å²) in [5, 5.41) is 18.4. The van der Waals surface area contributed by atoms with E-state index in [0.717, 1.165) is 4.90 Å². The van der Waals surface area contributed by atoms with Crippen molar-refractivity contribution in [2.24, 2.45) is 0 Å². The first-order chi connectivity index (χ1) is 7.11. The Morgan fingerprint density at radius 2 is 2.06 bits per heavy atom. The van der Waals surface area contributed by atoms with Gasteiger partial charge in [-0.25, -0.2) is 9.18 Å². The van der Waals surface area contributed by atoms with Gasteiger partial charge in [0.1, 0.15) is 5.60 Å². The third-order valence-corrected chi connectivity index (χ3v) is 2.21. The highest BCUT2D eigenvalue weighted by Crippen LogP contribution is 2.26. The zero-order valence-corrected chi connectivity index (χ0v) is 9.73. The molecule has 1 heterocycles. The number of hydrogen-bond acceptors (Lipinski definition) is 4. The van der Waals surface area contributed by atoms with Crippen molar-refractivity contribution in [1.29, 1.82) is 0 Å². The van der Waals surface area contributed by atoms with Crippen molar-refractivity contribution in [1.82, 2.24) is 4.90 Å². The number of alkyl halides is 1. The van der Waals surface area contributed by atoms with Crippen molar-refractivity contribution in [2.75, 3.05) is 6.54 Å². The molecule has 0 aromatic rings. The Morgan fingerprint density at radius 3 is 2.50 bits per heavy atom. The van der Waals surface area contributed by atoms with Crippen molar-refractivity contribution in [3.8, 4) is 0 Å². The summed E-state index contributed by atoms with van der Waals surface area (Å²) in [5.74, 6) is -2.03. The number of piperidine rings is 1. The summed E-state index contributed by atoms with van der Waals surface area (Å²) < 4.78 is 18.5. The van der Waals surface area contributed by atoms with Gasteiger partial charge in [-0.05, 0) is 20.8 Å². The molecule has 94 valence electrons. The minimum Gasteiger partial charge on any atom is -0.444 e. The van der Waals surface area contributed by atoms with Crippen LogP contribution in [0, 0.1) is 0 Å². The number of aliphatic hydroxyl groups is 2. The van der Waals surface area contributed by atoms with Gasteiger partial charge in [0.25, 0.3) is 0 Å². The first kappa shape index (κ1) is 13.2. The maximum absolute atomic E-state index is 13.5. The van der Waals surface area contributed by atoms with E-state index in [-0.39, 0.29) is 13.0 Å². The van der Waals surface area contributed by atoms with E-state index in [1.165, 1.54) is 0 Å². The second-order valence-electron chi connectivity index (χ2n) is 5.04. The third-order valence-electron chi connectivity index (χ3n) is 2.21. The molecule has 0 aromatic carbocycles. The summed E-state index contributed by atoms with van der Waals surface area (Å²) in [5.41, 5.74) is -0.691. The number of nitrogens with zero attached hydrogens (tertiary/aromatic N) is 1. The van der Waals surface area contributed by atoms with Crippen molar-refractivity contribution in [3.63, 3.8) is 0 Å². The number of hydrogen-bond donors (Lipinski definition) is 2. The highest BCUT2D eigenvalue weighted by Gasteiger charge is 2.40. The molecule has 1 atom stereocenters. The lowest BCUT2D eigenvalue weighted by Crippen LogP contribution is -2.52. The number of carbonyl (C=O) groups excluding carboxylic acids is 1. The molecular weight excluding hydrogens is 217 g/mol. The molecule has 1 aliphatic rings. The average molecular weight is 235 g/mol. The topological polar surface area (TPSA) is 70.0 Å². The van der Waals surface area contributed by atoms with Crippen LogP contribution in [0.5, 0.6) is 0 Å². The van der Waals surface area contributed by atoms with E-state index in [1.807, 2.05) is 0 Å². The third kappa shape index (κ3) is 3.61. The number of ether oxygens (including phenoxy) is 1. The molecule has 5 nitrogen and oxygen atoms in total. The lowest BCUT2D eigenvalue weighted by atomic mass is 10.0. The Labute approximate surface area is 93.8 Å². The second-order valence-corrected chi connectivity index (χ2v) is 5.04. The Morgan fingerprint density at radius 1 is 1.50 bits per heavy atom. The van der Waals surface area contributed by atoms with E-state index in [4.69, 9.17) is 4.74 Å². The number of halogens is 1. The minimum absolute atomic E-state index is 0.0664. The summed E-state index contributed by atoms with van der Waals surface area (Å²) in [6.45, 7) is 4.99. The van der Waals surface area contributed by atoms with Crippen LogP contribution < -0.4 is 0 Å². The molecule has 2 N–H and O–H groups in total. The SMILES string of the molecule is CC(C)(C)OC(=O)N1CCC(O)(O)CC1F. The molecule has 0 saturated carbocycles. The highest BCUT2D eigenvalue weighted by atomic mass is 19.1. The van der Waals surface area contributed by atoms with Crippen LogP contribution in [0.3, 0.4) is 0 Å². The number of likely N-dealkylation sites (tertiary alicyclic amines) is 1. The van der Waals surface area contributed by atoms with E-state index in [9.17, 15) is 19.4 Å². The first-order valence-corrected chi connectivity index (χ1v) is 5.19. The van der Waals surface area contributed by atoms with E-state index in [2.05, 4.69) is 0 Å². The zero-order chi connectivity index (χ0) is 12.6. The standard InChI is InChI=1S/C10H18FNO4/c1-9(2,3)16-8(13)12-5-4-10(14,15)6-7(12)11/h7,14-15H,4-6H2,1-3H3. The van der Waals surface area contributed by atoms with Crippen LogP contribution in [0.4, 0.5) is 9.18 Å². The fraction of sp³-hybridized carbons (Fsp3) is 0.900. The number of amides is 1. The fourth-order valence-corrected chi connectivity index (χ4v) is 1.45. The summed E-state index contributed by atoms with van der Waals surface area (Å²) in [6, 6.07) is 0. The van der Waals surface area contributed by atoms with E-state index in [1.54, 1.807) is 20.8 Å².